The molecule has 1 fully saturated rings. The molecule has 1 amide bonds. The summed E-state index contributed by atoms with van der Waals surface area (Å²) in [6.45, 7) is 5.48. The van der Waals surface area contributed by atoms with E-state index in [0.717, 1.165) is 48.7 Å². The Kier molecular flexibility index (Phi) is 6.39. The second-order valence-corrected chi connectivity index (χ2v) is 11.8. The molecule has 2 aromatic rings. The number of amidine groups is 1. The molecule has 0 aromatic heterocycles. The standard InChI is InChI=1S/C23H25ClN4O3S2/c24-19-3-1-18-14-21(4-2-17(18)13-19)33(30,31)12-5-22(29)27-10-8-26(9-11-27)15-20-16-32-23-25-6-7-28(20)23/h1-4,13-14,16H,5-12,15H2. The maximum absolute atomic E-state index is 12.8. The van der Waals surface area contributed by atoms with Crippen LogP contribution in [0.25, 0.3) is 10.8 Å². The van der Waals surface area contributed by atoms with Gasteiger partial charge in [-0.15, -0.1) is 0 Å². The van der Waals surface area contributed by atoms with E-state index in [4.69, 9.17) is 11.6 Å². The predicted molar refractivity (Wildman–Crippen MR) is 133 cm³/mol. The van der Waals surface area contributed by atoms with Crippen LogP contribution in [-0.2, 0) is 14.6 Å². The largest absolute Gasteiger partial charge is 0.340 e. The number of benzene rings is 2. The fourth-order valence-electron chi connectivity index (χ4n) is 4.37. The number of halogens is 1. The molecule has 2 aromatic carbocycles. The van der Waals surface area contributed by atoms with Gasteiger partial charge < -0.3 is 9.80 Å². The minimum absolute atomic E-state index is 0.00359. The Balaban J connectivity index is 1.13. The lowest BCUT2D eigenvalue weighted by Gasteiger charge is -2.35. The third kappa shape index (κ3) is 4.91. The topological polar surface area (TPSA) is 73.3 Å². The molecule has 0 aliphatic carbocycles. The zero-order valence-electron chi connectivity index (χ0n) is 18.1. The lowest BCUT2D eigenvalue weighted by Crippen LogP contribution is -2.49. The van der Waals surface area contributed by atoms with Crippen LogP contribution in [0, 0.1) is 0 Å². The van der Waals surface area contributed by atoms with Crippen LogP contribution >= 0.6 is 23.4 Å². The van der Waals surface area contributed by atoms with Crippen LogP contribution in [0.15, 0.2) is 57.4 Å². The van der Waals surface area contributed by atoms with Gasteiger partial charge in [0.05, 0.1) is 17.2 Å². The monoisotopic (exact) mass is 504 g/mol. The average molecular weight is 505 g/mol. The summed E-state index contributed by atoms with van der Waals surface area (Å²) in [5, 5.41) is 5.57. The van der Waals surface area contributed by atoms with E-state index in [9.17, 15) is 13.2 Å². The molecule has 174 valence electrons. The Labute approximate surface area is 203 Å². The number of aliphatic imine (C=N–C) groups is 1. The summed E-state index contributed by atoms with van der Waals surface area (Å²) in [6.07, 6.45) is -0.00359. The molecule has 5 rings (SSSR count). The number of rotatable bonds is 6. The summed E-state index contributed by atoms with van der Waals surface area (Å²) in [5.41, 5.74) is 1.28. The Hall–Kier alpha value is -2.07. The van der Waals surface area contributed by atoms with E-state index in [1.807, 2.05) is 0 Å². The number of amides is 1. The summed E-state index contributed by atoms with van der Waals surface area (Å²) in [6, 6.07) is 10.3. The van der Waals surface area contributed by atoms with Gasteiger partial charge in [0.15, 0.2) is 15.0 Å². The molecular formula is C23H25ClN4O3S2. The van der Waals surface area contributed by atoms with Crippen molar-refractivity contribution in [2.45, 2.75) is 11.3 Å². The maximum atomic E-state index is 12.8. The third-order valence-electron chi connectivity index (χ3n) is 6.28. The normalized spacial score (nSPS) is 19.1. The summed E-state index contributed by atoms with van der Waals surface area (Å²) in [5.74, 6) is -0.290. The van der Waals surface area contributed by atoms with Crippen molar-refractivity contribution in [1.82, 2.24) is 14.7 Å². The van der Waals surface area contributed by atoms with E-state index in [1.165, 1.54) is 5.70 Å². The van der Waals surface area contributed by atoms with E-state index >= 15 is 0 Å². The van der Waals surface area contributed by atoms with Crippen molar-refractivity contribution in [3.05, 3.63) is 52.5 Å². The molecule has 33 heavy (non-hydrogen) atoms. The van der Waals surface area contributed by atoms with Crippen LogP contribution in [-0.4, -0.2) is 85.8 Å². The van der Waals surface area contributed by atoms with Gasteiger partial charge >= 0.3 is 0 Å². The second kappa shape index (κ2) is 9.29. The molecule has 0 bridgehead atoms. The first-order valence-electron chi connectivity index (χ1n) is 11.0. The van der Waals surface area contributed by atoms with Gasteiger partial charge in [-0.05, 0) is 40.4 Å². The van der Waals surface area contributed by atoms with Crippen LogP contribution < -0.4 is 0 Å². The van der Waals surface area contributed by atoms with Gasteiger partial charge in [0.1, 0.15) is 0 Å². The Morgan fingerprint density at radius 3 is 2.61 bits per heavy atom. The molecule has 10 heteroatoms. The Morgan fingerprint density at radius 1 is 1.03 bits per heavy atom. The van der Waals surface area contributed by atoms with Crippen molar-refractivity contribution in [3.63, 3.8) is 0 Å². The smallest absolute Gasteiger partial charge is 0.223 e. The Morgan fingerprint density at radius 2 is 1.79 bits per heavy atom. The van der Waals surface area contributed by atoms with Gasteiger partial charge in [0, 0.05) is 56.4 Å². The van der Waals surface area contributed by atoms with E-state index < -0.39 is 9.84 Å². The van der Waals surface area contributed by atoms with Gasteiger partial charge in [0.2, 0.25) is 5.91 Å². The lowest BCUT2D eigenvalue weighted by atomic mass is 10.1. The number of sulfone groups is 1. The number of thioether (sulfide) groups is 1. The van der Waals surface area contributed by atoms with Crippen molar-refractivity contribution >= 4 is 55.0 Å². The minimum atomic E-state index is -3.55. The predicted octanol–water partition coefficient (Wildman–Crippen LogP) is 3.06. The highest BCUT2D eigenvalue weighted by Crippen LogP contribution is 2.29. The third-order valence-corrected chi connectivity index (χ3v) is 9.18. The summed E-state index contributed by atoms with van der Waals surface area (Å²) >= 11 is 7.69. The van der Waals surface area contributed by atoms with Crippen LogP contribution in [0.4, 0.5) is 0 Å². The van der Waals surface area contributed by atoms with Gasteiger partial charge in [-0.1, -0.05) is 35.5 Å². The molecule has 0 spiro atoms. The molecule has 0 atom stereocenters. The summed E-state index contributed by atoms with van der Waals surface area (Å²) < 4.78 is 25.7. The summed E-state index contributed by atoms with van der Waals surface area (Å²) in [4.78, 5) is 23.8. The fourth-order valence-corrected chi connectivity index (χ4v) is 6.76. The SMILES string of the molecule is O=C(CCS(=O)(=O)c1ccc2cc(Cl)ccc2c1)N1CCN(CC2=CSC3=NCCN23)CC1. The average Bonchev–Trinajstić information content (AvgIpc) is 3.43. The van der Waals surface area contributed by atoms with Crippen LogP contribution in [0.5, 0.6) is 0 Å². The van der Waals surface area contributed by atoms with E-state index in [0.29, 0.717) is 18.1 Å². The minimum Gasteiger partial charge on any atom is -0.340 e. The molecule has 0 N–H and O–H groups in total. The van der Waals surface area contributed by atoms with Crippen LogP contribution in [0.1, 0.15) is 6.42 Å². The molecule has 0 unspecified atom stereocenters. The molecular weight excluding hydrogens is 480 g/mol. The first kappa shape index (κ1) is 22.7. The first-order valence-corrected chi connectivity index (χ1v) is 13.9. The first-order chi connectivity index (χ1) is 15.9. The molecule has 3 aliphatic rings. The Bertz CT molecular complexity index is 1250. The van der Waals surface area contributed by atoms with Crippen molar-refractivity contribution in [2.75, 3.05) is 51.6 Å². The molecule has 3 heterocycles. The number of fused-ring (bicyclic) bond motifs is 2. The van der Waals surface area contributed by atoms with Gasteiger partial charge in [-0.3, -0.25) is 14.7 Å². The van der Waals surface area contributed by atoms with E-state index in [-0.39, 0.29) is 23.0 Å². The molecule has 3 aliphatic heterocycles. The van der Waals surface area contributed by atoms with Crippen molar-refractivity contribution in [2.24, 2.45) is 4.99 Å². The quantitative estimate of drug-likeness (QED) is 0.602. The fraction of sp³-hybridized carbons (Fsp3) is 0.391. The van der Waals surface area contributed by atoms with Gasteiger partial charge in [-0.2, -0.15) is 0 Å². The van der Waals surface area contributed by atoms with Gasteiger partial charge in [-0.25, -0.2) is 8.42 Å². The number of piperazine rings is 1. The number of carbonyl (C=O) groups is 1. The van der Waals surface area contributed by atoms with Crippen LogP contribution in [0.3, 0.4) is 0 Å². The highest BCUT2D eigenvalue weighted by molar-refractivity contribution is 8.16. The molecule has 7 nitrogen and oxygen atoms in total. The molecule has 0 saturated carbocycles. The summed E-state index contributed by atoms with van der Waals surface area (Å²) in [7, 11) is -3.55. The van der Waals surface area contributed by atoms with Crippen molar-refractivity contribution in [3.8, 4) is 0 Å². The second-order valence-electron chi connectivity index (χ2n) is 8.42. The maximum Gasteiger partial charge on any atom is 0.223 e. The highest BCUT2D eigenvalue weighted by Gasteiger charge is 2.29. The van der Waals surface area contributed by atoms with E-state index in [2.05, 4.69) is 20.2 Å². The number of carbonyl (C=O) groups excluding carboxylic acids is 1. The number of hydrogen-bond donors (Lipinski definition) is 0. The van der Waals surface area contributed by atoms with Crippen molar-refractivity contribution in [1.29, 1.82) is 0 Å². The lowest BCUT2D eigenvalue weighted by molar-refractivity contribution is -0.132. The van der Waals surface area contributed by atoms with E-state index in [1.54, 1.807) is 53.1 Å². The number of nitrogens with zero attached hydrogens (tertiary/aromatic N) is 4. The zero-order chi connectivity index (χ0) is 23.0. The number of hydrogen-bond acceptors (Lipinski definition) is 7. The van der Waals surface area contributed by atoms with Crippen molar-refractivity contribution < 1.29 is 13.2 Å². The van der Waals surface area contributed by atoms with Gasteiger partial charge in [0.25, 0.3) is 0 Å². The highest BCUT2D eigenvalue weighted by atomic mass is 35.5. The zero-order valence-corrected chi connectivity index (χ0v) is 20.5. The molecule has 0 radical (unpaired) electrons. The van der Waals surface area contributed by atoms with Crippen LogP contribution in [0.2, 0.25) is 5.02 Å². The molecule has 1 saturated heterocycles.